The summed E-state index contributed by atoms with van der Waals surface area (Å²) in [5, 5.41) is 13.4. The van der Waals surface area contributed by atoms with Crippen molar-refractivity contribution in [2.24, 2.45) is 0 Å². The first-order valence-corrected chi connectivity index (χ1v) is 6.86. The zero-order valence-electron chi connectivity index (χ0n) is 10.7. The summed E-state index contributed by atoms with van der Waals surface area (Å²) in [5.74, 6) is 0.816. The summed E-state index contributed by atoms with van der Waals surface area (Å²) < 4.78 is 5.70. The van der Waals surface area contributed by atoms with Crippen molar-refractivity contribution in [1.29, 1.82) is 0 Å². The molecule has 2 N–H and O–H groups in total. The second-order valence-electron chi connectivity index (χ2n) is 4.86. The van der Waals surface area contributed by atoms with Crippen molar-refractivity contribution in [1.82, 2.24) is 5.32 Å². The molecule has 0 spiro atoms. The van der Waals surface area contributed by atoms with Crippen LogP contribution in [0.5, 0.6) is 5.75 Å². The van der Waals surface area contributed by atoms with Crippen molar-refractivity contribution in [3.63, 3.8) is 0 Å². The predicted octanol–water partition coefficient (Wildman–Crippen LogP) is 2.74. The number of ether oxygens (including phenoxy) is 1. The van der Waals surface area contributed by atoms with Crippen LogP contribution in [0.15, 0.2) is 18.2 Å². The first kappa shape index (κ1) is 13.7. The van der Waals surface area contributed by atoms with Gasteiger partial charge in [-0.1, -0.05) is 17.7 Å². The molecule has 1 aromatic carbocycles. The molecule has 0 amide bonds. The van der Waals surface area contributed by atoms with Gasteiger partial charge in [0.05, 0.1) is 12.7 Å². The fraction of sp³-hybridized carbons (Fsp3) is 0.571. The van der Waals surface area contributed by atoms with E-state index < -0.39 is 0 Å². The molecule has 0 radical (unpaired) electrons. The van der Waals surface area contributed by atoms with E-state index >= 15 is 0 Å². The van der Waals surface area contributed by atoms with Crippen LogP contribution in [-0.4, -0.2) is 23.9 Å². The molecule has 1 aliphatic rings. The average molecular weight is 270 g/mol. The van der Waals surface area contributed by atoms with Gasteiger partial charge in [0, 0.05) is 29.6 Å². The van der Waals surface area contributed by atoms with Crippen molar-refractivity contribution >= 4 is 11.6 Å². The lowest BCUT2D eigenvalue weighted by Gasteiger charge is -2.14. The summed E-state index contributed by atoms with van der Waals surface area (Å²) in [5.41, 5.74) is 1.01. The molecule has 0 heterocycles. The molecule has 4 heteroatoms. The SMILES string of the molecule is CC(O)CCOc1cccc(Cl)c1CNC1CC1. The van der Waals surface area contributed by atoms with Crippen LogP contribution in [0, 0.1) is 0 Å². The number of rotatable bonds is 7. The molecule has 1 aliphatic carbocycles. The van der Waals surface area contributed by atoms with Crippen LogP contribution < -0.4 is 10.1 Å². The number of hydrogen-bond donors (Lipinski definition) is 2. The fourth-order valence-electron chi connectivity index (χ4n) is 1.72. The number of hydrogen-bond acceptors (Lipinski definition) is 3. The second kappa shape index (κ2) is 6.41. The smallest absolute Gasteiger partial charge is 0.125 e. The third-order valence-corrected chi connectivity index (χ3v) is 3.37. The largest absolute Gasteiger partial charge is 0.493 e. The molecule has 1 saturated carbocycles. The number of halogens is 1. The minimum absolute atomic E-state index is 0.336. The monoisotopic (exact) mass is 269 g/mol. The lowest BCUT2D eigenvalue weighted by atomic mass is 10.2. The Kier molecular flexibility index (Phi) is 4.87. The van der Waals surface area contributed by atoms with Gasteiger partial charge in [0.15, 0.2) is 0 Å². The molecule has 0 aliphatic heterocycles. The topological polar surface area (TPSA) is 41.5 Å². The molecule has 0 bridgehead atoms. The minimum Gasteiger partial charge on any atom is -0.493 e. The van der Waals surface area contributed by atoms with Gasteiger partial charge < -0.3 is 15.2 Å². The lowest BCUT2D eigenvalue weighted by Crippen LogP contribution is -2.17. The Bertz CT molecular complexity index is 391. The Morgan fingerprint density at radius 1 is 1.50 bits per heavy atom. The zero-order valence-corrected chi connectivity index (χ0v) is 11.4. The molecule has 18 heavy (non-hydrogen) atoms. The molecule has 3 nitrogen and oxygen atoms in total. The highest BCUT2D eigenvalue weighted by Gasteiger charge is 2.21. The van der Waals surface area contributed by atoms with Crippen LogP contribution >= 0.6 is 11.6 Å². The van der Waals surface area contributed by atoms with Gasteiger partial charge in [-0.3, -0.25) is 0 Å². The highest BCUT2D eigenvalue weighted by atomic mass is 35.5. The van der Waals surface area contributed by atoms with E-state index in [1.165, 1.54) is 12.8 Å². The number of aliphatic hydroxyl groups excluding tert-OH is 1. The second-order valence-corrected chi connectivity index (χ2v) is 5.27. The maximum Gasteiger partial charge on any atom is 0.125 e. The van der Waals surface area contributed by atoms with Gasteiger partial charge in [-0.25, -0.2) is 0 Å². The van der Waals surface area contributed by atoms with E-state index in [1.54, 1.807) is 6.92 Å². The van der Waals surface area contributed by atoms with Crippen molar-refractivity contribution in [2.75, 3.05) is 6.61 Å². The molecule has 1 fully saturated rings. The van der Waals surface area contributed by atoms with Gasteiger partial charge in [-0.15, -0.1) is 0 Å². The van der Waals surface area contributed by atoms with E-state index in [9.17, 15) is 5.11 Å². The first-order chi connectivity index (χ1) is 8.66. The Balaban J connectivity index is 1.95. The summed E-state index contributed by atoms with van der Waals surface area (Å²) >= 11 is 6.21. The van der Waals surface area contributed by atoms with Gasteiger partial charge in [0.2, 0.25) is 0 Å². The van der Waals surface area contributed by atoms with Gasteiger partial charge in [0.1, 0.15) is 5.75 Å². The van der Waals surface area contributed by atoms with Gasteiger partial charge in [-0.05, 0) is 31.9 Å². The van der Waals surface area contributed by atoms with Crippen molar-refractivity contribution in [2.45, 2.75) is 44.9 Å². The van der Waals surface area contributed by atoms with Gasteiger partial charge in [0.25, 0.3) is 0 Å². The summed E-state index contributed by atoms with van der Waals surface area (Å²) in [6.07, 6.45) is 2.80. The lowest BCUT2D eigenvalue weighted by molar-refractivity contribution is 0.155. The molecule has 0 aromatic heterocycles. The first-order valence-electron chi connectivity index (χ1n) is 6.48. The van der Waals surface area contributed by atoms with E-state index in [0.29, 0.717) is 19.1 Å². The summed E-state index contributed by atoms with van der Waals surface area (Å²) in [6.45, 7) is 3.01. The normalized spacial score (nSPS) is 16.6. The molecule has 2 rings (SSSR count). The fourth-order valence-corrected chi connectivity index (χ4v) is 1.95. The molecular weight excluding hydrogens is 250 g/mol. The van der Waals surface area contributed by atoms with Crippen molar-refractivity contribution in [3.8, 4) is 5.75 Å². The maximum absolute atomic E-state index is 9.22. The minimum atomic E-state index is -0.336. The third kappa shape index (κ3) is 4.16. The zero-order chi connectivity index (χ0) is 13.0. The maximum atomic E-state index is 9.22. The van der Waals surface area contributed by atoms with E-state index in [0.717, 1.165) is 22.9 Å². The summed E-state index contributed by atoms with van der Waals surface area (Å²) in [4.78, 5) is 0. The number of nitrogens with one attached hydrogen (secondary N) is 1. The Morgan fingerprint density at radius 2 is 2.28 bits per heavy atom. The molecule has 100 valence electrons. The predicted molar refractivity (Wildman–Crippen MR) is 73.1 cm³/mol. The molecule has 0 saturated heterocycles. The van der Waals surface area contributed by atoms with Crippen LogP contribution in [0.25, 0.3) is 0 Å². The molecule has 1 aromatic rings. The van der Waals surface area contributed by atoms with E-state index in [4.69, 9.17) is 16.3 Å². The van der Waals surface area contributed by atoms with Crippen LogP contribution in [0.4, 0.5) is 0 Å². The standard InChI is InChI=1S/C14H20ClNO2/c1-10(17)7-8-18-14-4-2-3-13(15)12(14)9-16-11-5-6-11/h2-4,10-11,16-17H,5-9H2,1H3. The van der Waals surface area contributed by atoms with E-state index in [2.05, 4.69) is 5.32 Å². The molecular formula is C14H20ClNO2. The molecule has 1 atom stereocenters. The number of aliphatic hydroxyl groups is 1. The number of benzene rings is 1. The molecule has 1 unspecified atom stereocenters. The van der Waals surface area contributed by atoms with Crippen molar-refractivity contribution in [3.05, 3.63) is 28.8 Å². The average Bonchev–Trinajstić information content (AvgIpc) is 3.11. The van der Waals surface area contributed by atoms with Crippen LogP contribution in [0.2, 0.25) is 5.02 Å². The highest BCUT2D eigenvalue weighted by Crippen LogP contribution is 2.28. The Hall–Kier alpha value is -0.770. The third-order valence-electron chi connectivity index (χ3n) is 3.01. The van der Waals surface area contributed by atoms with Gasteiger partial charge in [-0.2, -0.15) is 0 Å². The van der Waals surface area contributed by atoms with Crippen LogP contribution in [-0.2, 0) is 6.54 Å². The highest BCUT2D eigenvalue weighted by molar-refractivity contribution is 6.31. The van der Waals surface area contributed by atoms with Crippen molar-refractivity contribution < 1.29 is 9.84 Å². The summed E-state index contributed by atoms with van der Waals surface area (Å²) in [6, 6.07) is 6.34. The van der Waals surface area contributed by atoms with E-state index in [-0.39, 0.29) is 6.10 Å². The van der Waals surface area contributed by atoms with Crippen LogP contribution in [0.3, 0.4) is 0 Å². The van der Waals surface area contributed by atoms with Gasteiger partial charge >= 0.3 is 0 Å². The Morgan fingerprint density at radius 3 is 2.94 bits per heavy atom. The Labute approximate surface area is 113 Å². The quantitative estimate of drug-likeness (QED) is 0.800. The summed E-state index contributed by atoms with van der Waals surface area (Å²) in [7, 11) is 0. The van der Waals surface area contributed by atoms with Crippen LogP contribution in [0.1, 0.15) is 31.7 Å². The van der Waals surface area contributed by atoms with E-state index in [1.807, 2.05) is 18.2 Å².